The summed E-state index contributed by atoms with van der Waals surface area (Å²) in [6.45, 7) is 2.75. The summed E-state index contributed by atoms with van der Waals surface area (Å²) < 4.78 is 0. The van der Waals surface area contributed by atoms with Crippen LogP contribution in [0.2, 0.25) is 0 Å². The average Bonchev–Trinajstić information content (AvgIpc) is 2.77. The lowest BCUT2D eigenvalue weighted by atomic mass is 10.1. The van der Waals surface area contributed by atoms with Gasteiger partial charge in [-0.25, -0.2) is 0 Å². The van der Waals surface area contributed by atoms with Gasteiger partial charge in [-0.15, -0.1) is 0 Å². The second-order valence-corrected chi connectivity index (χ2v) is 4.51. The van der Waals surface area contributed by atoms with Crippen molar-refractivity contribution < 1.29 is 14.7 Å². The molecular weight excluding hydrogens is 220 g/mol. The molecule has 1 saturated heterocycles. The summed E-state index contributed by atoms with van der Waals surface area (Å²) in [5, 5.41) is 11.9. The first-order chi connectivity index (χ1) is 8.11. The lowest BCUT2D eigenvalue weighted by molar-refractivity contribution is -0.145. The smallest absolute Gasteiger partial charge is 0.320 e. The summed E-state index contributed by atoms with van der Waals surface area (Å²) in [6.07, 6.45) is 4.14. The van der Waals surface area contributed by atoms with Gasteiger partial charge in [0.1, 0.15) is 6.04 Å². The zero-order valence-electron chi connectivity index (χ0n) is 10.6. The Bertz CT molecular complexity index is 281. The number of hydrogen-bond acceptors (Lipinski definition) is 3. The number of carbonyl (C=O) groups excluding carboxylic acids is 1. The van der Waals surface area contributed by atoms with Gasteiger partial charge in [0.2, 0.25) is 5.91 Å². The van der Waals surface area contributed by atoms with Crippen molar-refractivity contribution >= 4 is 11.9 Å². The van der Waals surface area contributed by atoms with Gasteiger partial charge in [-0.3, -0.25) is 14.5 Å². The van der Waals surface area contributed by atoms with E-state index in [0.717, 1.165) is 25.7 Å². The monoisotopic (exact) mass is 242 g/mol. The van der Waals surface area contributed by atoms with Crippen LogP contribution in [0.3, 0.4) is 0 Å². The molecule has 0 bridgehead atoms. The van der Waals surface area contributed by atoms with Gasteiger partial charge in [0, 0.05) is 7.05 Å². The third kappa shape index (κ3) is 3.43. The molecule has 0 aromatic heterocycles. The number of likely N-dealkylation sites (tertiary alicyclic amines) is 1. The average molecular weight is 242 g/mol. The number of nitrogens with zero attached hydrogens (tertiary/aromatic N) is 1. The molecule has 5 nitrogen and oxygen atoms in total. The normalized spacial score (nSPS) is 22.4. The largest absolute Gasteiger partial charge is 0.480 e. The van der Waals surface area contributed by atoms with Gasteiger partial charge in [0.25, 0.3) is 0 Å². The highest BCUT2D eigenvalue weighted by molar-refractivity contribution is 5.83. The zero-order chi connectivity index (χ0) is 12.8. The van der Waals surface area contributed by atoms with Crippen molar-refractivity contribution in [3.8, 4) is 0 Å². The van der Waals surface area contributed by atoms with Crippen molar-refractivity contribution in [1.82, 2.24) is 10.2 Å². The second kappa shape index (κ2) is 6.59. The minimum absolute atomic E-state index is 0.0646. The number of likely N-dealkylation sites (N-methyl/N-ethyl adjacent to an activating group) is 1. The molecule has 0 saturated carbocycles. The third-order valence-electron chi connectivity index (χ3n) is 3.36. The Morgan fingerprint density at radius 2 is 2.24 bits per heavy atom. The van der Waals surface area contributed by atoms with Crippen molar-refractivity contribution in [2.75, 3.05) is 13.6 Å². The Labute approximate surface area is 102 Å². The van der Waals surface area contributed by atoms with E-state index in [1.165, 1.54) is 0 Å². The molecule has 0 aromatic carbocycles. The first-order valence-corrected chi connectivity index (χ1v) is 6.32. The Morgan fingerprint density at radius 3 is 2.76 bits per heavy atom. The van der Waals surface area contributed by atoms with E-state index in [9.17, 15) is 14.7 Å². The number of nitrogens with one attached hydrogen (secondary N) is 1. The van der Waals surface area contributed by atoms with E-state index in [0.29, 0.717) is 13.0 Å². The fourth-order valence-corrected chi connectivity index (χ4v) is 2.44. The van der Waals surface area contributed by atoms with E-state index < -0.39 is 12.0 Å². The molecule has 5 heteroatoms. The van der Waals surface area contributed by atoms with Crippen LogP contribution in [0.5, 0.6) is 0 Å². The van der Waals surface area contributed by atoms with Crippen molar-refractivity contribution in [2.45, 2.75) is 51.1 Å². The fourth-order valence-electron chi connectivity index (χ4n) is 2.44. The maximum Gasteiger partial charge on any atom is 0.320 e. The van der Waals surface area contributed by atoms with Gasteiger partial charge < -0.3 is 10.4 Å². The van der Waals surface area contributed by atoms with Gasteiger partial charge in [0.05, 0.1) is 6.04 Å². The van der Waals surface area contributed by atoms with Crippen molar-refractivity contribution in [1.29, 1.82) is 0 Å². The number of carboxylic acid groups (broad SMARTS) is 1. The number of rotatable bonds is 6. The van der Waals surface area contributed by atoms with Crippen LogP contribution in [0.4, 0.5) is 0 Å². The Balaban J connectivity index is 2.71. The Morgan fingerprint density at radius 1 is 1.53 bits per heavy atom. The summed E-state index contributed by atoms with van der Waals surface area (Å²) in [6, 6.07) is -0.780. The molecule has 1 heterocycles. The highest BCUT2D eigenvalue weighted by atomic mass is 16.4. The summed E-state index contributed by atoms with van der Waals surface area (Å²) >= 11 is 0. The SMILES string of the molecule is CCCCC(C(=O)O)N1CCCC1C(=O)NC. The van der Waals surface area contributed by atoms with Gasteiger partial charge in [0.15, 0.2) is 0 Å². The lowest BCUT2D eigenvalue weighted by Gasteiger charge is -2.29. The van der Waals surface area contributed by atoms with E-state index in [2.05, 4.69) is 5.32 Å². The maximum atomic E-state index is 11.7. The van der Waals surface area contributed by atoms with Gasteiger partial charge in [-0.2, -0.15) is 0 Å². The van der Waals surface area contributed by atoms with Crippen LogP contribution in [0.1, 0.15) is 39.0 Å². The van der Waals surface area contributed by atoms with Crippen LogP contribution < -0.4 is 5.32 Å². The quantitative estimate of drug-likeness (QED) is 0.724. The summed E-state index contributed by atoms with van der Waals surface area (Å²) in [5.74, 6) is -0.875. The van der Waals surface area contributed by atoms with Crippen LogP contribution in [-0.2, 0) is 9.59 Å². The number of unbranched alkanes of at least 4 members (excludes halogenated alkanes) is 1. The predicted octanol–water partition coefficient (Wildman–Crippen LogP) is 0.840. The van der Waals surface area contributed by atoms with Crippen LogP contribution in [-0.4, -0.2) is 47.6 Å². The number of hydrogen-bond donors (Lipinski definition) is 2. The van der Waals surface area contributed by atoms with E-state index in [4.69, 9.17) is 0 Å². The Hall–Kier alpha value is -1.10. The standard InChI is InChI=1S/C12H22N2O3/c1-3-4-6-10(12(16)17)14-8-5-7-9(14)11(15)13-2/h9-10H,3-8H2,1-2H3,(H,13,15)(H,16,17). The highest BCUT2D eigenvalue weighted by Gasteiger charge is 2.37. The minimum Gasteiger partial charge on any atom is -0.480 e. The van der Waals surface area contributed by atoms with Crippen molar-refractivity contribution in [3.05, 3.63) is 0 Å². The molecule has 1 fully saturated rings. The fraction of sp³-hybridized carbons (Fsp3) is 0.833. The first kappa shape index (κ1) is 14.0. The number of aliphatic carboxylic acids is 1. The molecule has 1 rings (SSSR count). The molecule has 0 spiro atoms. The third-order valence-corrected chi connectivity index (χ3v) is 3.36. The van der Waals surface area contributed by atoms with Gasteiger partial charge in [-0.1, -0.05) is 19.8 Å². The molecule has 0 aromatic rings. The van der Waals surface area contributed by atoms with E-state index in [1.807, 2.05) is 11.8 Å². The minimum atomic E-state index is -0.811. The first-order valence-electron chi connectivity index (χ1n) is 6.32. The summed E-state index contributed by atoms with van der Waals surface area (Å²) in [4.78, 5) is 24.8. The van der Waals surface area contributed by atoms with Crippen LogP contribution in [0.25, 0.3) is 0 Å². The molecule has 1 amide bonds. The zero-order valence-corrected chi connectivity index (χ0v) is 10.6. The molecule has 98 valence electrons. The highest BCUT2D eigenvalue weighted by Crippen LogP contribution is 2.23. The molecule has 2 atom stereocenters. The topological polar surface area (TPSA) is 69.6 Å². The molecule has 0 aliphatic carbocycles. The molecule has 2 unspecified atom stereocenters. The number of carboxylic acids is 1. The summed E-state index contributed by atoms with van der Waals surface area (Å²) in [5.41, 5.74) is 0. The molecule has 1 aliphatic heterocycles. The molecular formula is C12H22N2O3. The van der Waals surface area contributed by atoms with Crippen LogP contribution >= 0.6 is 0 Å². The summed E-state index contributed by atoms with van der Waals surface area (Å²) in [7, 11) is 1.60. The maximum absolute atomic E-state index is 11.7. The van der Waals surface area contributed by atoms with Crippen molar-refractivity contribution in [2.24, 2.45) is 0 Å². The second-order valence-electron chi connectivity index (χ2n) is 4.51. The predicted molar refractivity (Wildman–Crippen MR) is 64.7 cm³/mol. The van der Waals surface area contributed by atoms with E-state index in [-0.39, 0.29) is 11.9 Å². The van der Waals surface area contributed by atoms with E-state index >= 15 is 0 Å². The molecule has 0 radical (unpaired) electrons. The molecule has 1 aliphatic rings. The van der Waals surface area contributed by atoms with E-state index in [1.54, 1.807) is 7.05 Å². The number of carbonyl (C=O) groups is 2. The van der Waals surface area contributed by atoms with Crippen LogP contribution in [0.15, 0.2) is 0 Å². The molecule has 17 heavy (non-hydrogen) atoms. The van der Waals surface area contributed by atoms with Gasteiger partial charge in [-0.05, 0) is 25.8 Å². The molecule has 2 N–H and O–H groups in total. The van der Waals surface area contributed by atoms with Gasteiger partial charge >= 0.3 is 5.97 Å². The van der Waals surface area contributed by atoms with Crippen molar-refractivity contribution in [3.63, 3.8) is 0 Å². The van der Waals surface area contributed by atoms with Crippen LogP contribution in [0, 0.1) is 0 Å². The lowest BCUT2D eigenvalue weighted by Crippen LogP contribution is -2.49. The number of amides is 1. The Kier molecular flexibility index (Phi) is 5.41.